The van der Waals surface area contributed by atoms with E-state index in [9.17, 15) is 14.0 Å². The standard InChI is InChI=1S/C12H10FNO4/c13-7-1-2-8-9(15)4-12(18-10(8)3-7)5-14(6-12)11(16)17/h1-3H,4-6H2,(H,16,17). The molecule has 0 bridgehead atoms. The summed E-state index contributed by atoms with van der Waals surface area (Å²) in [6.45, 7) is 0.286. The topological polar surface area (TPSA) is 66.8 Å². The smallest absolute Gasteiger partial charge is 0.407 e. The van der Waals surface area contributed by atoms with E-state index in [1.165, 1.54) is 12.1 Å². The van der Waals surface area contributed by atoms with Crippen LogP contribution in [0.25, 0.3) is 0 Å². The van der Waals surface area contributed by atoms with Gasteiger partial charge in [-0.25, -0.2) is 9.18 Å². The normalized spacial score (nSPS) is 20.1. The third-order valence-corrected chi connectivity index (χ3v) is 3.28. The van der Waals surface area contributed by atoms with Crippen molar-refractivity contribution in [2.45, 2.75) is 12.0 Å². The maximum Gasteiger partial charge on any atom is 0.407 e. The van der Waals surface area contributed by atoms with Crippen molar-refractivity contribution in [2.75, 3.05) is 13.1 Å². The second-order valence-electron chi connectivity index (χ2n) is 4.66. The minimum Gasteiger partial charge on any atom is -0.482 e. The molecule has 0 atom stereocenters. The molecule has 1 saturated heterocycles. The van der Waals surface area contributed by atoms with Crippen LogP contribution in [-0.2, 0) is 0 Å². The molecule has 6 heteroatoms. The van der Waals surface area contributed by atoms with Gasteiger partial charge in [-0.05, 0) is 12.1 Å². The second-order valence-corrected chi connectivity index (χ2v) is 4.66. The number of rotatable bonds is 0. The largest absolute Gasteiger partial charge is 0.482 e. The van der Waals surface area contributed by atoms with Crippen LogP contribution < -0.4 is 4.74 Å². The average molecular weight is 251 g/mol. The van der Waals surface area contributed by atoms with E-state index >= 15 is 0 Å². The van der Waals surface area contributed by atoms with E-state index in [0.717, 1.165) is 11.0 Å². The molecule has 1 aromatic rings. The molecule has 1 N–H and O–H groups in total. The van der Waals surface area contributed by atoms with Crippen molar-refractivity contribution in [1.82, 2.24) is 4.90 Å². The Labute approximate surface area is 102 Å². The third kappa shape index (κ3) is 1.53. The Morgan fingerprint density at radius 3 is 2.83 bits per heavy atom. The van der Waals surface area contributed by atoms with Crippen LogP contribution in [0.4, 0.5) is 9.18 Å². The van der Waals surface area contributed by atoms with E-state index in [4.69, 9.17) is 9.84 Å². The zero-order chi connectivity index (χ0) is 12.9. The zero-order valence-electron chi connectivity index (χ0n) is 9.35. The number of ether oxygens (including phenoxy) is 1. The lowest BCUT2D eigenvalue weighted by Gasteiger charge is -2.49. The van der Waals surface area contributed by atoms with Crippen LogP contribution in [0, 0.1) is 5.82 Å². The molecule has 0 radical (unpaired) electrons. The molecule has 0 aromatic heterocycles. The Morgan fingerprint density at radius 1 is 1.44 bits per heavy atom. The summed E-state index contributed by atoms with van der Waals surface area (Å²) < 4.78 is 18.7. The maximum atomic E-state index is 13.1. The number of Topliss-reactive ketones (excluding diaryl/α,β-unsaturated/α-hetero) is 1. The highest BCUT2D eigenvalue weighted by molar-refractivity contribution is 6.00. The molecule has 1 amide bonds. The lowest BCUT2D eigenvalue weighted by molar-refractivity contribution is -0.0686. The monoisotopic (exact) mass is 251 g/mol. The molecule has 18 heavy (non-hydrogen) atoms. The summed E-state index contributed by atoms with van der Waals surface area (Å²) >= 11 is 0. The first-order chi connectivity index (χ1) is 8.49. The van der Waals surface area contributed by atoms with E-state index in [0.29, 0.717) is 5.56 Å². The summed E-state index contributed by atoms with van der Waals surface area (Å²) in [5, 5.41) is 8.78. The molecule has 3 rings (SSSR count). The van der Waals surface area contributed by atoms with Gasteiger partial charge in [-0.15, -0.1) is 0 Å². The minimum atomic E-state index is -1.04. The predicted octanol–water partition coefficient (Wildman–Crippen LogP) is 1.52. The highest BCUT2D eigenvalue weighted by atomic mass is 19.1. The molecule has 2 aliphatic heterocycles. The number of nitrogens with zero attached hydrogens (tertiary/aromatic N) is 1. The van der Waals surface area contributed by atoms with Crippen LogP contribution in [0.3, 0.4) is 0 Å². The van der Waals surface area contributed by atoms with Gasteiger partial charge in [-0.2, -0.15) is 0 Å². The van der Waals surface area contributed by atoms with Gasteiger partial charge in [-0.3, -0.25) is 4.79 Å². The Morgan fingerprint density at radius 2 is 2.17 bits per heavy atom. The van der Waals surface area contributed by atoms with Crippen LogP contribution in [0.15, 0.2) is 18.2 Å². The van der Waals surface area contributed by atoms with E-state index in [2.05, 4.69) is 0 Å². The molecule has 2 aliphatic rings. The Balaban J connectivity index is 1.88. The number of carbonyl (C=O) groups excluding carboxylic acids is 1. The Hall–Kier alpha value is -2.11. The van der Waals surface area contributed by atoms with E-state index < -0.39 is 17.5 Å². The molecule has 0 unspecified atom stereocenters. The first-order valence-electron chi connectivity index (χ1n) is 5.49. The SMILES string of the molecule is O=C1CC2(CN(C(=O)O)C2)Oc2cc(F)ccc21. The number of hydrogen-bond acceptors (Lipinski definition) is 3. The summed E-state index contributed by atoms with van der Waals surface area (Å²) in [5.74, 6) is -0.411. The fourth-order valence-electron chi connectivity index (χ4n) is 2.43. The van der Waals surface area contributed by atoms with Crippen molar-refractivity contribution in [3.63, 3.8) is 0 Å². The van der Waals surface area contributed by atoms with Crippen LogP contribution in [-0.4, -0.2) is 40.6 Å². The van der Waals surface area contributed by atoms with Crippen molar-refractivity contribution < 1.29 is 23.8 Å². The Kier molecular flexibility index (Phi) is 2.10. The fraction of sp³-hybridized carbons (Fsp3) is 0.333. The van der Waals surface area contributed by atoms with Crippen LogP contribution >= 0.6 is 0 Å². The third-order valence-electron chi connectivity index (χ3n) is 3.28. The molecule has 5 nitrogen and oxygen atoms in total. The number of hydrogen-bond donors (Lipinski definition) is 1. The van der Waals surface area contributed by atoms with Crippen molar-refractivity contribution in [1.29, 1.82) is 0 Å². The van der Waals surface area contributed by atoms with Crippen molar-refractivity contribution in [3.8, 4) is 5.75 Å². The molecule has 1 spiro atoms. The summed E-state index contributed by atoms with van der Waals surface area (Å²) in [7, 11) is 0. The predicted molar refractivity (Wildman–Crippen MR) is 58.3 cm³/mol. The number of carboxylic acid groups (broad SMARTS) is 1. The van der Waals surface area contributed by atoms with Crippen molar-refractivity contribution in [3.05, 3.63) is 29.6 Å². The average Bonchev–Trinajstić information content (AvgIpc) is 2.24. The van der Waals surface area contributed by atoms with E-state index in [-0.39, 0.29) is 31.0 Å². The maximum absolute atomic E-state index is 13.1. The van der Waals surface area contributed by atoms with Gasteiger partial charge < -0.3 is 14.7 Å². The molecular formula is C12H10FNO4. The lowest BCUT2D eigenvalue weighted by atomic mass is 9.84. The molecule has 0 saturated carbocycles. The lowest BCUT2D eigenvalue weighted by Crippen LogP contribution is -2.67. The van der Waals surface area contributed by atoms with Crippen molar-refractivity contribution in [2.24, 2.45) is 0 Å². The second kappa shape index (κ2) is 3.44. The molecule has 2 heterocycles. The number of amides is 1. The van der Waals surface area contributed by atoms with E-state index in [1.54, 1.807) is 0 Å². The van der Waals surface area contributed by atoms with Gasteiger partial charge in [0.1, 0.15) is 11.6 Å². The molecule has 1 fully saturated rings. The highest BCUT2D eigenvalue weighted by Crippen LogP contribution is 2.38. The van der Waals surface area contributed by atoms with Gasteiger partial charge in [-0.1, -0.05) is 0 Å². The van der Waals surface area contributed by atoms with Crippen molar-refractivity contribution >= 4 is 11.9 Å². The number of carbonyl (C=O) groups is 2. The Bertz CT molecular complexity index is 551. The molecule has 94 valence electrons. The first-order valence-corrected chi connectivity index (χ1v) is 5.49. The summed E-state index contributed by atoms with van der Waals surface area (Å²) in [4.78, 5) is 23.8. The first kappa shape index (κ1) is 11.0. The summed E-state index contributed by atoms with van der Waals surface area (Å²) in [6.07, 6.45) is -0.906. The van der Waals surface area contributed by atoms with Gasteiger partial charge in [0.25, 0.3) is 0 Å². The van der Waals surface area contributed by atoms with Crippen LogP contribution in [0.1, 0.15) is 16.8 Å². The number of halogens is 1. The van der Waals surface area contributed by atoms with Crippen LogP contribution in [0.5, 0.6) is 5.75 Å². The molecule has 0 aliphatic carbocycles. The fourth-order valence-corrected chi connectivity index (χ4v) is 2.43. The number of ketones is 1. The van der Waals surface area contributed by atoms with Gasteiger partial charge in [0, 0.05) is 6.07 Å². The number of benzene rings is 1. The summed E-state index contributed by atoms with van der Waals surface area (Å²) in [5.41, 5.74) is -0.452. The quantitative estimate of drug-likeness (QED) is 0.759. The van der Waals surface area contributed by atoms with Gasteiger partial charge in [0.05, 0.1) is 25.1 Å². The van der Waals surface area contributed by atoms with Crippen LogP contribution in [0.2, 0.25) is 0 Å². The molecule has 1 aromatic carbocycles. The number of fused-ring (bicyclic) bond motifs is 1. The van der Waals surface area contributed by atoms with E-state index in [1.807, 2.05) is 0 Å². The highest BCUT2D eigenvalue weighted by Gasteiger charge is 2.51. The number of likely N-dealkylation sites (tertiary alicyclic amines) is 1. The summed E-state index contributed by atoms with van der Waals surface area (Å²) in [6, 6.07) is 3.77. The zero-order valence-corrected chi connectivity index (χ0v) is 9.35. The van der Waals surface area contributed by atoms with Gasteiger partial charge >= 0.3 is 6.09 Å². The van der Waals surface area contributed by atoms with Gasteiger partial charge in [0.15, 0.2) is 11.4 Å². The minimum absolute atomic E-state index is 0.134. The molecular weight excluding hydrogens is 241 g/mol. The van der Waals surface area contributed by atoms with Gasteiger partial charge in [0.2, 0.25) is 0 Å².